The number of hydrogen-bond acceptors (Lipinski definition) is 4. The Morgan fingerprint density at radius 3 is 2.56 bits per heavy atom. The first kappa shape index (κ1) is 14.0. The Bertz CT molecular complexity index is 597. The molecule has 0 radical (unpaired) electrons. The maximum atomic E-state index is 12.7. The summed E-state index contributed by atoms with van der Waals surface area (Å²) in [4.78, 5) is 0. The molecule has 1 heterocycles. The van der Waals surface area contributed by atoms with Gasteiger partial charge in [-0.15, -0.1) is 11.3 Å². The molecule has 0 saturated heterocycles. The molecule has 1 aliphatic carbocycles. The summed E-state index contributed by atoms with van der Waals surface area (Å²) in [6.07, 6.45) is 1.65. The molecule has 0 amide bonds. The zero-order chi connectivity index (χ0) is 13.6. The molecule has 0 aromatic carbocycles. The molecule has 0 atom stereocenters. The molecule has 1 aliphatic rings. The first-order valence-electron chi connectivity index (χ1n) is 5.49. The summed E-state index contributed by atoms with van der Waals surface area (Å²) in [6.45, 7) is 3.29. The van der Waals surface area contributed by atoms with Crippen molar-refractivity contribution in [1.82, 2.24) is 4.31 Å². The third kappa shape index (κ3) is 2.35. The number of hydrogen-bond donors (Lipinski definition) is 0. The molecule has 0 unspecified atom stereocenters. The Morgan fingerprint density at radius 2 is 2.17 bits per heavy atom. The molecule has 0 spiro atoms. The molecule has 1 saturated carbocycles. The van der Waals surface area contributed by atoms with Crippen LogP contribution in [0.15, 0.2) is 20.1 Å². The van der Waals surface area contributed by atoms with Gasteiger partial charge in [0.15, 0.2) is 0 Å². The predicted molar refractivity (Wildman–Crippen MR) is 73.8 cm³/mol. The molecule has 1 aromatic heterocycles. The summed E-state index contributed by atoms with van der Waals surface area (Å²) in [7, 11) is -3.61. The fraction of sp³-hybridized carbons (Fsp3) is 0.545. The molecule has 7 heteroatoms. The van der Waals surface area contributed by atoms with Crippen LogP contribution in [0, 0.1) is 11.3 Å². The molecule has 98 valence electrons. The fourth-order valence-corrected chi connectivity index (χ4v) is 6.21. The normalized spacial score (nSPS) is 16.8. The van der Waals surface area contributed by atoms with E-state index in [4.69, 9.17) is 0 Å². The van der Waals surface area contributed by atoms with Crippen LogP contribution in [0.25, 0.3) is 0 Å². The number of sulfonamides is 1. The van der Waals surface area contributed by atoms with Crippen LogP contribution in [0.2, 0.25) is 0 Å². The van der Waals surface area contributed by atoms with Gasteiger partial charge >= 0.3 is 0 Å². The van der Waals surface area contributed by atoms with Crippen molar-refractivity contribution < 1.29 is 8.42 Å². The van der Waals surface area contributed by atoms with E-state index in [-0.39, 0.29) is 10.3 Å². The third-order valence-corrected chi connectivity index (χ3v) is 7.55. The average molecular weight is 349 g/mol. The lowest BCUT2D eigenvalue weighted by atomic mass is 10.1. The number of rotatable bonds is 4. The standard InChI is InChI=1S/C11H13BrN2O2S2/c1-11(2,7-13)14(8-3-4-8)18(15,16)10-9(12)5-6-17-10/h5-6,8H,3-4H2,1-2H3. The van der Waals surface area contributed by atoms with Gasteiger partial charge in [-0.2, -0.15) is 9.57 Å². The van der Waals surface area contributed by atoms with Gasteiger partial charge in [-0.1, -0.05) is 0 Å². The number of halogens is 1. The first-order chi connectivity index (χ1) is 8.30. The van der Waals surface area contributed by atoms with Crippen molar-refractivity contribution in [3.8, 4) is 6.07 Å². The molecule has 0 bridgehead atoms. The largest absolute Gasteiger partial charge is 0.255 e. The molecule has 1 fully saturated rings. The minimum absolute atomic E-state index is 0.0429. The molecule has 0 aliphatic heterocycles. The summed E-state index contributed by atoms with van der Waals surface area (Å²) >= 11 is 4.42. The summed E-state index contributed by atoms with van der Waals surface area (Å²) in [5, 5.41) is 10.9. The van der Waals surface area contributed by atoms with E-state index in [9.17, 15) is 13.7 Å². The summed E-state index contributed by atoms with van der Waals surface area (Å²) in [5.74, 6) is 0. The van der Waals surface area contributed by atoms with Crippen molar-refractivity contribution in [2.24, 2.45) is 0 Å². The molecular weight excluding hydrogens is 336 g/mol. The SMILES string of the molecule is CC(C)(C#N)N(C1CC1)S(=O)(=O)c1sccc1Br. The van der Waals surface area contributed by atoms with Crippen LogP contribution in [-0.2, 0) is 10.0 Å². The quantitative estimate of drug-likeness (QED) is 0.840. The van der Waals surface area contributed by atoms with Crippen LogP contribution in [-0.4, -0.2) is 24.3 Å². The van der Waals surface area contributed by atoms with Gasteiger partial charge in [-0.3, -0.25) is 0 Å². The second-order valence-corrected chi connectivity index (χ2v) is 8.54. The van der Waals surface area contributed by atoms with Crippen LogP contribution in [0.3, 0.4) is 0 Å². The van der Waals surface area contributed by atoms with Gasteiger partial charge in [0.25, 0.3) is 10.0 Å². The predicted octanol–water partition coefficient (Wildman–Crippen LogP) is 2.97. The second kappa shape index (κ2) is 4.60. The molecule has 1 aromatic rings. The molecular formula is C11H13BrN2O2S2. The molecule has 2 rings (SSSR count). The zero-order valence-electron chi connectivity index (χ0n) is 10.1. The third-order valence-electron chi connectivity index (χ3n) is 2.78. The lowest BCUT2D eigenvalue weighted by Crippen LogP contribution is -2.47. The van der Waals surface area contributed by atoms with Gasteiger partial charge in [0.2, 0.25) is 0 Å². The number of nitriles is 1. The van der Waals surface area contributed by atoms with Gasteiger partial charge in [0.05, 0.1) is 6.07 Å². The maximum absolute atomic E-state index is 12.7. The summed E-state index contributed by atoms with van der Waals surface area (Å²) in [6, 6.07) is 3.75. The van der Waals surface area contributed by atoms with E-state index in [0.29, 0.717) is 4.47 Å². The van der Waals surface area contributed by atoms with E-state index in [0.717, 1.165) is 12.8 Å². The highest BCUT2D eigenvalue weighted by Crippen LogP contribution is 2.40. The van der Waals surface area contributed by atoms with Crippen LogP contribution in [0.4, 0.5) is 0 Å². The van der Waals surface area contributed by atoms with Crippen molar-refractivity contribution in [2.75, 3.05) is 0 Å². The van der Waals surface area contributed by atoms with Crippen LogP contribution >= 0.6 is 27.3 Å². The summed E-state index contributed by atoms with van der Waals surface area (Å²) in [5.41, 5.74) is -1.02. The lowest BCUT2D eigenvalue weighted by molar-refractivity contribution is 0.281. The second-order valence-electron chi connectivity index (χ2n) is 4.76. The van der Waals surface area contributed by atoms with Crippen LogP contribution in [0.1, 0.15) is 26.7 Å². The Kier molecular flexibility index (Phi) is 3.58. The molecule has 4 nitrogen and oxygen atoms in total. The van der Waals surface area contributed by atoms with Gasteiger partial charge in [-0.25, -0.2) is 8.42 Å². The van der Waals surface area contributed by atoms with E-state index in [1.807, 2.05) is 0 Å². The zero-order valence-corrected chi connectivity index (χ0v) is 13.3. The monoisotopic (exact) mass is 348 g/mol. The Labute approximate surface area is 119 Å². The Balaban J connectivity index is 2.51. The van der Waals surface area contributed by atoms with E-state index < -0.39 is 15.6 Å². The molecule has 18 heavy (non-hydrogen) atoms. The maximum Gasteiger partial charge on any atom is 0.255 e. The van der Waals surface area contributed by atoms with Crippen molar-refractivity contribution in [3.63, 3.8) is 0 Å². The fourth-order valence-electron chi connectivity index (χ4n) is 1.86. The van der Waals surface area contributed by atoms with Crippen molar-refractivity contribution in [3.05, 3.63) is 15.9 Å². The highest BCUT2D eigenvalue weighted by molar-refractivity contribution is 9.10. The van der Waals surface area contributed by atoms with Crippen molar-refractivity contribution in [2.45, 2.75) is 42.5 Å². The van der Waals surface area contributed by atoms with Crippen LogP contribution in [0.5, 0.6) is 0 Å². The first-order valence-corrected chi connectivity index (χ1v) is 8.61. The Morgan fingerprint density at radius 1 is 1.56 bits per heavy atom. The lowest BCUT2D eigenvalue weighted by Gasteiger charge is -2.31. The van der Waals surface area contributed by atoms with Crippen LogP contribution < -0.4 is 0 Å². The van der Waals surface area contributed by atoms with E-state index in [2.05, 4.69) is 22.0 Å². The van der Waals surface area contributed by atoms with Gasteiger partial charge < -0.3 is 0 Å². The smallest absolute Gasteiger partial charge is 0.206 e. The van der Waals surface area contributed by atoms with Crippen molar-refractivity contribution >= 4 is 37.3 Å². The average Bonchev–Trinajstić information content (AvgIpc) is 2.98. The van der Waals surface area contributed by atoms with Gasteiger partial charge in [0, 0.05) is 10.5 Å². The topological polar surface area (TPSA) is 61.2 Å². The highest BCUT2D eigenvalue weighted by atomic mass is 79.9. The van der Waals surface area contributed by atoms with E-state index in [1.165, 1.54) is 15.6 Å². The van der Waals surface area contributed by atoms with Gasteiger partial charge in [-0.05, 0) is 54.1 Å². The van der Waals surface area contributed by atoms with E-state index >= 15 is 0 Å². The Hall–Kier alpha value is -0.420. The van der Waals surface area contributed by atoms with E-state index in [1.54, 1.807) is 25.3 Å². The summed E-state index contributed by atoms with van der Waals surface area (Å²) < 4.78 is 27.5. The number of thiophene rings is 1. The minimum atomic E-state index is -3.61. The number of nitrogens with zero attached hydrogens (tertiary/aromatic N) is 2. The minimum Gasteiger partial charge on any atom is -0.206 e. The van der Waals surface area contributed by atoms with Gasteiger partial charge in [0.1, 0.15) is 9.75 Å². The van der Waals surface area contributed by atoms with Crippen molar-refractivity contribution in [1.29, 1.82) is 5.26 Å². The molecule has 0 N–H and O–H groups in total. The highest BCUT2D eigenvalue weighted by Gasteiger charge is 2.47.